The lowest BCUT2D eigenvalue weighted by Crippen LogP contribution is -2.30. The molecule has 0 saturated heterocycles. The summed E-state index contributed by atoms with van der Waals surface area (Å²) >= 11 is 1.69. The molecule has 0 radical (unpaired) electrons. The highest BCUT2D eigenvalue weighted by Gasteiger charge is 2.09. The van der Waals surface area contributed by atoms with Crippen LogP contribution in [0.5, 0.6) is 0 Å². The first-order chi connectivity index (χ1) is 7.54. The molecule has 1 atom stereocenters. The van der Waals surface area contributed by atoms with E-state index in [1.54, 1.807) is 11.8 Å². The Morgan fingerprint density at radius 3 is 2.56 bits per heavy atom. The van der Waals surface area contributed by atoms with E-state index in [4.69, 9.17) is 15.6 Å². The minimum absolute atomic E-state index is 0.520. The zero-order chi connectivity index (χ0) is 12.4. The monoisotopic (exact) mass is 249 g/mol. The number of carboxylic acid groups (broad SMARTS) is 1. The van der Waals surface area contributed by atoms with Crippen molar-refractivity contribution >= 4 is 17.7 Å². The first-order valence-corrected chi connectivity index (χ1v) is 6.83. The lowest BCUT2D eigenvalue weighted by molar-refractivity contribution is -0.138. The highest BCUT2D eigenvalue weighted by Crippen LogP contribution is 2.05. The summed E-state index contributed by atoms with van der Waals surface area (Å²) in [5, 5.41) is 8.55. The highest BCUT2D eigenvalue weighted by molar-refractivity contribution is 7.99. The normalized spacial score (nSPS) is 13.0. The van der Waals surface area contributed by atoms with Gasteiger partial charge in [0.15, 0.2) is 0 Å². The van der Waals surface area contributed by atoms with Gasteiger partial charge in [0.1, 0.15) is 6.04 Å². The molecule has 0 amide bonds. The van der Waals surface area contributed by atoms with E-state index in [0.717, 1.165) is 31.1 Å². The largest absolute Gasteiger partial charge is 0.480 e. The molecule has 5 heteroatoms. The maximum atomic E-state index is 10.4. The van der Waals surface area contributed by atoms with Crippen LogP contribution in [0.25, 0.3) is 0 Å². The van der Waals surface area contributed by atoms with Crippen molar-refractivity contribution in [3.63, 3.8) is 0 Å². The fourth-order valence-electron chi connectivity index (χ4n) is 0.975. The van der Waals surface area contributed by atoms with Gasteiger partial charge in [0.05, 0.1) is 6.61 Å². The van der Waals surface area contributed by atoms with Crippen LogP contribution in [-0.2, 0) is 9.53 Å². The molecule has 0 fully saturated rings. The van der Waals surface area contributed by atoms with E-state index in [2.05, 4.69) is 13.8 Å². The Morgan fingerprint density at radius 1 is 1.31 bits per heavy atom. The molecule has 0 aliphatic rings. The third-order valence-electron chi connectivity index (χ3n) is 2.10. The van der Waals surface area contributed by atoms with Gasteiger partial charge in [-0.2, -0.15) is 11.8 Å². The zero-order valence-corrected chi connectivity index (χ0v) is 11.0. The maximum Gasteiger partial charge on any atom is 0.320 e. The van der Waals surface area contributed by atoms with Gasteiger partial charge in [0, 0.05) is 12.4 Å². The van der Waals surface area contributed by atoms with Crippen molar-refractivity contribution in [2.45, 2.75) is 32.7 Å². The minimum Gasteiger partial charge on any atom is -0.480 e. The van der Waals surface area contributed by atoms with E-state index in [-0.39, 0.29) is 0 Å². The van der Waals surface area contributed by atoms with Crippen molar-refractivity contribution in [1.29, 1.82) is 0 Å². The number of ether oxygens (including phenoxy) is 1. The summed E-state index contributed by atoms with van der Waals surface area (Å²) in [5.41, 5.74) is 5.37. The van der Waals surface area contributed by atoms with Crippen LogP contribution in [0.4, 0.5) is 0 Å². The molecule has 3 N–H and O–H groups in total. The van der Waals surface area contributed by atoms with Crippen LogP contribution in [0.3, 0.4) is 0 Å². The molecule has 4 nitrogen and oxygen atoms in total. The number of nitrogens with two attached hydrogens (primary N) is 1. The number of hydrogen-bond acceptors (Lipinski definition) is 4. The van der Waals surface area contributed by atoms with Gasteiger partial charge in [-0.15, -0.1) is 0 Å². The van der Waals surface area contributed by atoms with Crippen LogP contribution >= 0.6 is 11.8 Å². The second-order valence-corrected chi connectivity index (χ2v) is 5.37. The first kappa shape index (κ1) is 15.7. The van der Waals surface area contributed by atoms with Gasteiger partial charge in [-0.25, -0.2) is 0 Å². The van der Waals surface area contributed by atoms with Crippen LogP contribution in [-0.4, -0.2) is 41.8 Å². The quantitative estimate of drug-likeness (QED) is 0.575. The Hall–Kier alpha value is -0.260. The summed E-state index contributed by atoms with van der Waals surface area (Å²) in [7, 11) is 0. The summed E-state index contributed by atoms with van der Waals surface area (Å²) in [6, 6.07) is -0.727. The number of hydrogen-bond donors (Lipinski definition) is 2. The van der Waals surface area contributed by atoms with E-state index < -0.39 is 12.0 Å². The predicted molar refractivity (Wildman–Crippen MR) is 67.8 cm³/mol. The molecule has 0 aromatic heterocycles. The summed E-state index contributed by atoms with van der Waals surface area (Å²) in [5.74, 6) is 1.45. The fraction of sp³-hybridized carbons (Fsp3) is 0.909. The second-order valence-electron chi connectivity index (χ2n) is 4.14. The zero-order valence-electron chi connectivity index (χ0n) is 10.1. The number of carboxylic acids is 1. The number of carbonyl (C=O) groups is 1. The van der Waals surface area contributed by atoms with Gasteiger partial charge in [0.2, 0.25) is 0 Å². The third-order valence-corrected chi connectivity index (χ3v) is 3.08. The summed E-state index contributed by atoms with van der Waals surface area (Å²) in [6.07, 6.45) is 1.61. The van der Waals surface area contributed by atoms with Crippen LogP contribution in [0.2, 0.25) is 0 Å². The van der Waals surface area contributed by atoms with Gasteiger partial charge in [0.25, 0.3) is 0 Å². The van der Waals surface area contributed by atoms with Gasteiger partial charge < -0.3 is 15.6 Å². The van der Waals surface area contributed by atoms with Crippen molar-refractivity contribution in [1.82, 2.24) is 0 Å². The van der Waals surface area contributed by atoms with Crippen molar-refractivity contribution in [3.05, 3.63) is 0 Å². The molecule has 0 saturated carbocycles. The summed E-state index contributed by atoms with van der Waals surface area (Å²) < 4.78 is 5.43. The molecule has 96 valence electrons. The Balaban J connectivity index is 3.13. The molecule has 1 unspecified atom stereocenters. The van der Waals surface area contributed by atoms with Crippen LogP contribution in [0.15, 0.2) is 0 Å². The standard InChI is InChI=1S/C11H23NO3S/c1-9(2)3-5-15-6-8-16-7-4-10(12)11(13)14/h9-10H,3-8,12H2,1-2H3,(H,13,14). The van der Waals surface area contributed by atoms with E-state index in [0.29, 0.717) is 12.3 Å². The van der Waals surface area contributed by atoms with Crippen LogP contribution < -0.4 is 5.73 Å². The van der Waals surface area contributed by atoms with Gasteiger partial charge in [-0.1, -0.05) is 13.8 Å². The topological polar surface area (TPSA) is 72.5 Å². The van der Waals surface area contributed by atoms with E-state index in [9.17, 15) is 4.79 Å². The molecule has 0 aromatic carbocycles. The van der Waals surface area contributed by atoms with Gasteiger partial charge in [-0.05, 0) is 24.5 Å². The number of aliphatic carboxylic acids is 1. The van der Waals surface area contributed by atoms with Crippen molar-refractivity contribution in [2.75, 3.05) is 24.7 Å². The molecular weight excluding hydrogens is 226 g/mol. The van der Waals surface area contributed by atoms with Crippen molar-refractivity contribution < 1.29 is 14.6 Å². The van der Waals surface area contributed by atoms with Crippen LogP contribution in [0, 0.1) is 5.92 Å². The molecule has 0 bridgehead atoms. The maximum absolute atomic E-state index is 10.4. The minimum atomic E-state index is -0.922. The van der Waals surface area contributed by atoms with Gasteiger partial charge in [-0.3, -0.25) is 4.79 Å². The average Bonchev–Trinajstić information content (AvgIpc) is 2.21. The summed E-state index contributed by atoms with van der Waals surface area (Å²) in [6.45, 7) is 5.89. The highest BCUT2D eigenvalue weighted by atomic mass is 32.2. The third kappa shape index (κ3) is 10.3. The van der Waals surface area contributed by atoms with E-state index in [1.165, 1.54) is 0 Å². The molecule has 0 spiro atoms. The first-order valence-electron chi connectivity index (χ1n) is 5.68. The Bertz CT molecular complexity index is 188. The van der Waals surface area contributed by atoms with E-state index in [1.807, 2.05) is 0 Å². The lowest BCUT2D eigenvalue weighted by Gasteiger charge is -2.07. The molecule has 0 aliphatic heterocycles. The Labute approximate surface area is 102 Å². The molecule has 0 rings (SSSR count). The number of thioether (sulfide) groups is 1. The van der Waals surface area contributed by atoms with Crippen molar-refractivity contribution in [3.8, 4) is 0 Å². The SMILES string of the molecule is CC(C)CCOCCSCCC(N)C(=O)O. The molecule has 0 heterocycles. The molecule has 0 aromatic rings. The Morgan fingerprint density at radius 2 is 2.00 bits per heavy atom. The fourth-order valence-corrected chi connectivity index (χ4v) is 1.84. The predicted octanol–water partition coefficient (Wildman–Crippen LogP) is 1.58. The second kappa shape index (κ2) is 9.93. The smallest absolute Gasteiger partial charge is 0.320 e. The molecule has 16 heavy (non-hydrogen) atoms. The molecular formula is C11H23NO3S. The lowest BCUT2D eigenvalue weighted by atomic mass is 10.1. The van der Waals surface area contributed by atoms with Crippen LogP contribution in [0.1, 0.15) is 26.7 Å². The molecule has 0 aliphatic carbocycles. The van der Waals surface area contributed by atoms with Gasteiger partial charge >= 0.3 is 5.97 Å². The van der Waals surface area contributed by atoms with Crippen molar-refractivity contribution in [2.24, 2.45) is 11.7 Å². The Kier molecular flexibility index (Phi) is 9.77. The average molecular weight is 249 g/mol. The van der Waals surface area contributed by atoms with E-state index >= 15 is 0 Å². The number of rotatable bonds is 10. The summed E-state index contributed by atoms with van der Waals surface area (Å²) in [4.78, 5) is 10.4.